The molecular weight excluding hydrogens is 444 g/mol. The second kappa shape index (κ2) is 11.7. The number of hydrogen-bond acceptors (Lipinski definition) is 5. The molecule has 2 aliphatic rings. The van der Waals surface area contributed by atoms with Crippen molar-refractivity contribution in [2.45, 2.75) is 45.6 Å². The number of carbonyl (C=O) groups is 3. The highest BCUT2D eigenvalue weighted by Gasteiger charge is 2.56. The number of fused-ring (bicyclic) bond motifs is 1. The van der Waals surface area contributed by atoms with E-state index in [9.17, 15) is 14.4 Å². The number of nitrogens with zero attached hydrogens (tertiary/aromatic N) is 1. The van der Waals surface area contributed by atoms with Crippen molar-refractivity contribution in [1.29, 1.82) is 0 Å². The molecule has 2 amide bonds. The zero-order chi connectivity index (χ0) is 24.0. The third-order valence-electron chi connectivity index (χ3n) is 6.54. The second-order valence-corrected chi connectivity index (χ2v) is 9.12. The van der Waals surface area contributed by atoms with Crippen LogP contribution in [0.5, 0.6) is 0 Å². The van der Waals surface area contributed by atoms with Crippen LogP contribution in [0, 0.1) is 23.7 Å². The van der Waals surface area contributed by atoms with Gasteiger partial charge in [-0.25, -0.2) is 0 Å². The van der Waals surface area contributed by atoms with Crippen molar-refractivity contribution in [3.05, 3.63) is 41.4 Å². The van der Waals surface area contributed by atoms with E-state index >= 15 is 0 Å². The minimum Gasteiger partial charge on any atom is -0.466 e. The van der Waals surface area contributed by atoms with E-state index in [1.807, 2.05) is 19.1 Å². The van der Waals surface area contributed by atoms with E-state index in [1.165, 1.54) is 0 Å². The van der Waals surface area contributed by atoms with Crippen molar-refractivity contribution < 1.29 is 24.2 Å². The molecular formula is C25H33ClN2O5. The number of rotatable bonds is 10. The lowest BCUT2D eigenvalue weighted by molar-refractivity contribution is -0.155. The molecule has 0 spiro atoms. The maximum Gasteiger partial charge on any atom is 0.310 e. The molecule has 0 unspecified atom stereocenters. The van der Waals surface area contributed by atoms with Crippen molar-refractivity contribution in [3.63, 3.8) is 0 Å². The van der Waals surface area contributed by atoms with Crippen LogP contribution in [0.3, 0.4) is 0 Å². The average molecular weight is 477 g/mol. The summed E-state index contributed by atoms with van der Waals surface area (Å²) >= 11 is 6.24. The lowest BCUT2D eigenvalue weighted by Crippen LogP contribution is -2.44. The molecule has 8 heteroatoms. The fourth-order valence-electron chi connectivity index (χ4n) is 4.95. The Morgan fingerprint density at radius 2 is 1.88 bits per heavy atom. The van der Waals surface area contributed by atoms with Crippen LogP contribution >= 0.6 is 11.6 Å². The average Bonchev–Trinajstić information content (AvgIpc) is 3.07. The first-order chi connectivity index (χ1) is 15.9. The number of unbranched alkanes of at least 4 members (excludes halogenated alkanes) is 3. The van der Waals surface area contributed by atoms with Crippen LogP contribution in [0.1, 0.15) is 39.5 Å². The molecule has 0 bridgehead atoms. The van der Waals surface area contributed by atoms with Crippen molar-refractivity contribution in [3.8, 4) is 0 Å². The van der Waals surface area contributed by atoms with Crippen LogP contribution in [0.25, 0.3) is 0 Å². The number of carbonyl (C=O) groups excluding carboxylic acids is 3. The molecule has 7 nitrogen and oxygen atoms in total. The molecule has 180 valence electrons. The molecule has 1 saturated heterocycles. The Bertz CT molecular complexity index is 889. The summed E-state index contributed by atoms with van der Waals surface area (Å²) in [7, 11) is 0. The maximum absolute atomic E-state index is 13.6. The van der Waals surface area contributed by atoms with Gasteiger partial charge in [0.05, 0.1) is 29.2 Å². The number of anilines is 1. The molecule has 2 N–H and O–H groups in total. The number of esters is 1. The number of aliphatic hydroxyl groups is 1. The number of amides is 2. The smallest absolute Gasteiger partial charge is 0.310 e. The molecule has 5 atom stereocenters. The van der Waals surface area contributed by atoms with Gasteiger partial charge in [0.2, 0.25) is 11.8 Å². The summed E-state index contributed by atoms with van der Waals surface area (Å²) in [5.74, 6) is -2.75. The second-order valence-electron chi connectivity index (χ2n) is 8.71. The Labute approximate surface area is 200 Å². The van der Waals surface area contributed by atoms with Gasteiger partial charge >= 0.3 is 5.97 Å². The summed E-state index contributed by atoms with van der Waals surface area (Å²) in [6.45, 7) is 4.43. The fourth-order valence-corrected chi connectivity index (χ4v) is 5.13. The van der Waals surface area contributed by atoms with E-state index in [-0.39, 0.29) is 30.9 Å². The number of benzene rings is 1. The van der Waals surface area contributed by atoms with Crippen LogP contribution < -0.4 is 5.32 Å². The van der Waals surface area contributed by atoms with E-state index in [2.05, 4.69) is 5.32 Å². The summed E-state index contributed by atoms with van der Waals surface area (Å²) in [4.78, 5) is 41.4. The molecule has 1 aliphatic carbocycles. The minimum atomic E-state index is -0.739. The highest BCUT2D eigenvalue weighted by Crippen LogP contribution is 2.44. The van der Waals surface area contributed by atoms with E-state index in [0.717, 1.165) is 12.8 Å². The summed E-state index contributed by atoms with van der Waals surface area (Å²) in [6.07, 6.45) is 6.93. The van der Waals surface area contributed by atoms with Crippen LogP contribution in [0.4, 0.5) is 5.69 Å². The number of ether oxygens (including phenoxy) is 1. The molecule has 0 saturated carbocycles. The molecule has 0 aromatic heterocycles. The SMILES string of the molecule is CCOC(=O)[C@H]1[C@H]2C(=O)N(CCCCCCO)[C@H](C(=O)Nc3ccccc3Cl)[C@H]2C=C[C@H]1C. The summed E-state index contributed by atoms with van der Waals surface area (Å²) in [6, 6.07) is 6.23. The largest absolute Gasteiger partial charge is 0.466 e. The van der Waals surface area contributed by atoms with Gasteiger partial charge in [0, 0.05) is 19.1 Å². The monoisotopic (exact) mass is 476 g/mol. The Balaban J connectivity index is 1.88. The number of para-hydroxylation sites is 1. The van der Waals surface area contributed by atoms with E-state index in [1.54, 1.807) is 36.1 Å². The topological polar surface area (TPSA) is 95.9 Å². The first kappa shape index (κ1) is 25.2. The van der Waals surface area contributed by atoms with Gasteiger partial charge in [0.25, 0.3) is 0 Å². The Kier molecular flexibility index (Phi) is 8.92. The normalized spacial score (nSPS) is 26.2. The Hall–Kier alpha value is -2.38. The lowest BCUT2D eigenvalue weighted by Gasteiger charge is -2.32. The van der Waals surface area contributed by atoms with E-state index < -0.39 is 29.8 Å². The molecule has 1 aromatic rings. The standard InChI is InChI=1S/C25H33ClN2O5/c1-3-33-25(32)20-16(2)12-13-17-21(20)24(31)28(14-8-4-5-9-15-29)22(17)23(30)27-19-11-7-6-10-18(19)26/h6-7,10-13,16-17,20-22,29H,3-5,8-9,14-15H2,1-2H3,(H,27,30)/t16-,17+,20-,21+,22+/m1/s1. The van der Waals surface area contributed by atoms with Crippen molar-refractivity contribution in [2.24, 2.45) is 23.7 Å². The number of hydrogen-bond donors (Lipinski definition) is 2. The molecule has 1 fully saturated rings. The molecule has 1 aromatic carbocycles. The Morgan fingerprint density at radius 1 is 1.15 bits per heavy atom. The fraction of sp³-hybridized carbons (Fsp3) is 0.560. The van der Waals surface area contributed by atoms with Crippen LogP contribution in [-0.2, 0) is 19.1 Å². The van der Waals surface area contributed by atoms with Gasteiger partial charge in [-0.1, -0.05) is 55.7 Å². The lowest BCUT2D eigenvalue weighted by atomic mass is 9.70. The number of nitrogens with one attached hydrogen (secondary N) is 1. The van der Waals surface area contributed by atoms with Crippen molar-refractivity contribution in [1.82, 2.24) is 4.90 Å². The zero-order valence-corrected chi connectivity index (χ0v) is 20.0. The van der Waals surface area contributed by atoms with Crippen molar-refractivity contribution in [2.75, 3.05) is 25.1 Å². The predicted molar refractivity (Wildman–Crippen MR) is 127 cm³/mol. The quantitative estimate of drug-likeness (QED) is 0.305. The van der Waals surface area contributed by atoms with Crippen LogP contribution in [0.15, 0.2) is 36.4 Å². The predicted octanol–water partition coefficient (Wildman–Crippen LogP) is 3.66. The number of likely N-dealkylation sites (tertiary alicyclic amines) is 1. The Morgan fingerprint density at radius 3 is 2.58 bits per heavy atom. The molecule has 3 rings (SSSR count). The highest BCUT2D eigenvalue weighted by atomic mass is 35.5. The zero-order valence-electron chi connectivity index (χ0n) is 19.2. The minimum absolute atomic E-state index is 0.138. The van der Waals surface area contributed by atoms with Gasteiger partial charge in [-0.3, -0.25) is 14.4 Å². The van der Waals surface area contributed by atoms with E-state index in [4.69, 9.17) is 21.4 Å². The third kappa shape index (κ3) is 5.58. The first-order valence-electron chi connectivity index (χ1n) is 11.7. The highest BCUT2D eigenvalue weighted by molar-refractivity contribution is 6.33. The summed E-state index contributed by atoms with van der Waals surface area (Å²) < 4.78 is 5.29. The molecule has 1 heterocycles. The number of aliphatic hydroxyl groups excluding tert-OH is 1. The number of allylic oxidation sites excluding steroid dienone is 1. The molecule has 33 heavy (non-hydrogen) atoms. The summed E-state index contributed by atoms with van der Waals surface area (Å²) in [5, 5.41) is 12.3. The number of halogens is 1. The summed E-state index contributed by atoms with van der Waals surface area (Å²) in [5.41, 5.74) is 0.484. The molecule has 1 aliphatic heterocycles. The van der Waals surface area contributed by atoms with Gasteiger partial charge in [-0.2, -0.15) is 0 Å². The maximum atomic E-state index is 13.6. The van der Waals surface area contributed by atoms with Crippen LogP contribution in [0.2, 0.25) is 5.02 Å². The van der Waals surface area contributed by atoms with Crippen molar-refractivity contribution >= 4 is 35.1 Å². The van der Waals surface area contributed by atoms with Gasteiger partial charge in [0.1, 0.15) is 6.04 Å². The first-order valence-corrected chi connectivity index (χ1v) is 12.1. The van der Waals surface area contributed by atoms with Gasteiger partial charge in [-0.15, -0.1) is 0 Å². The van der Waals surface area contributed by atoms with Crippen LogP contribution in [-0.4, -0.2) is 53.6 Å². The van der Waals surface area contributed by atoms with Gasteiger partial charge < -0.3 is 20.1 Å². The van der Waals surface area contributed by atoms with E-state index in [0.29, 0.717) is 30.1 Å². The van der Waals surface area contributed by atoms with Gasteiger partial charge in [0.15, 0.2) is 0 Å². The molecule has 0 radical (unpaired) electrons. The third-order valence-corrected chi connectivity index (χ3v) is 6.87. The van der Waals surface area contributed by atoms with Gasteiger partial charge in [-0.05, 0) is 37.8 Å².